The predicted octanol–water partition coefficient (Wildman–Crippen LogP) is 3.39. The summed E-state index contributed by atoms with van der Waals surface area (Å²) < 4.78 is 10.5. The van der Waals surface area contributed by atoms with Crippen molar-refractivity contribution in [1.82, 2.24) is 0 Å². The zero-order valence-corrected chi connectivity index (χ0v) is 11.8. The van der Waals surface area contributed by atoms with Gasteiger partial charge in [0.15, 0.2) is 0 Å². The maximum atomic E-state index is 11.4. The molecule has 3 nitrogen and oxygen atoms in total. The lowest BCUT2D eigenvalue weighted by atomic mass is 10.2. The van der Waals surface area contributed by atoms with E-state index >= 15 is 0 Å². The highest BCUT2D eigenvalue weighted by Crippen LogP contribution is 2.13. The summed E-state index contributed by atoms with van der Waals surface area (Å²) in [4.78, 5) is 11.4. The molecule has 0 radical (unpaired) electrons. The molecule has 0 unspecified atom stereocenters. The third kappa shape index (κ3) is 5.45. The van der Waals surface area contributed by atoms with Crippen LogP contribution in [-0.2, 0) is 4.74 Å². The van der Waals surface area contributed by atoms with Crippen LogP contribution >= 0.6 is 11.8 Å². The molecule has 4 heteroatoms. The first-order valence-corrected chi connectivity index (χ1v) is 7.41. The van der Waals surface area contributed by atoms with Crippen LogP contribution in [0.25, 0.3) is 0 Å². The molecule has 0 fully saturated rings. The molecule has 0 bridgehead atoms. The minimum absolute atomic E-state index is 0.289. The molecule has 0 heterocycles. The molecule has 0 aromatic heterocycles. The Labute approximate surface area is 113 Å². The number of carbonyl (C=O) groups excluding carboxylic acids is 1. The molecule has 100 valence electrons. The molecule has 0 atom stereocenters. The van der Waals surface area contributed by atoms with E-state index in [1.807, 2.05) is 11.8 Å². The minimum Gasteiger partial charge on any atom is -0.494 e. The average molecular weight is 268 g/mol. The van der Waals surface area contributed by atoms with Crippen molar-refractivity contribution >= 4 is 17.7 Å². The molecule has 0 amide bonds. The van der Waals surface area contributed by atoms with Gasteiger partial charge in [-0.2, -0.15) is 11.8 Å². The second kappa shape index (κ2) is 8.86. The maximum absolute atomic E-state index is 11.4. The number of hydrogen-bond donors (Lipinski definition) is 0. The van der Waals surface area contributed by atoms with Crippen LogP contribution in [0.2, 0.25) is 0 Å². The van der Waals surface area contributed by atoms with Crippen LogP contribution in [0.3, 0.4) is 0 Å². The smallest absolute Gasteiger partial charge is 0.338 e. The van der Waals surface area contributed by atoms with Gasteiger partial charge in [0.05, 0.1) is 18.8 Å². The summed E-state index contributed by atoms with van der Waals surface area (Å²) in [6, 6.07) is 7.07. The molecule has 1 aromatic carbocycles. The van der Waals surface area contributed by atoms with Crippen LogP contribution < -0.4 is 4.74 Å². The SMILES string of the molecule is CCOC(=O)c1ccc(OCCCSCC)cc1. The van der Waals surface area contributed by atoms with Crippen LogP contribution in [0.1, 0.15) is 30.6 Å². The van der Waals surface area contributed by atoms with E-state index in [1.54, 1.807) is 31.2 Å². The van der Waals surface area contributed by atoms with Crippen molar-refractivity contribution in [2.75, 3.05) is 24.7 Å². The number of rotatable bonds is 8. The number of ether oxygens (including phenoxy) is 2. The molecule has 1 rings (SSSR count). The first-order valence-electron chi connectivity index (χ1n) is 6.25. The molecule has 18 heavy (non-hydrogen) atoms. The lowest BCUT2D eigenvalue weighted by Gasteiger charge is -2.06. The van der Waals surface area contributed by atoms with E-state index in [0.29, 0.717) is 18.8 Å². The van der Waals surface area contributed by atoms with Crippen LogP contribution in [0.5, 0.6) is 5.75 Å². The monoisotopic (exact) mass is 268 g/mol. The van der Waals surface area contributed by atoms with Gasteiger partial charge >= 0.3 is 5.97 Å². The molecule has 0 spiro atoms. The highest BCUT2D eigenvalue weighted by molar-refractivity contribution is 7.99. The first kappa shape index (κ1) is 14.9. The van der Waals surface area contributed by atoms with Gasteiger partial charge < -0.3 is 9.47 Å². The summed E-state index contributed by atoms with van der Waals surface area (Å²) in [7, 11) is 0. The largest absolute Gasteiger partial charge is 0.494 e. The van der Waals surface area contributed by atoms with Crippen LogP contribution in [0.4, 0.5) is 0 Å². The number of esters is 1. The van der Waals surface area contributed by atoms with Crippen LogP contribution in [-0.4, -0.2) is 30.7 Å². The van der Waals surface area contributed by atoms with E-state index in [1.165, 1.54) is 0 Å². The van der Waals surface area contributed by atoms with Crippen molar-refractivity contribution in [2.24, 2.45) is 0 Å². The third-order valence-electron chi connectivity index (χ3n) is 2.27. The molecule has 0 N–H and O–H groups in total. The number of hydrogen-bond acceptors (Lipinski definition) is 4. The quantitative estimate of drug-likeness (QED) is 0.535. The van der Waals surface area contributed by atoms with Crippen LogP contribution in [0.15, 0.2) is 24.3 Å². The van der Waals surface area contributed by atoms with E-state index in [4.69, 9.17) is 9.47 Å². The predicted molar refractivity (Wildman–Crippen MR) is 75.5 cm³/mol. The van der Waals surface area contributed by atoms with E-state index in [0.717, 1.165) is 23.7 Å². The van der Waals surface area contributed by atoms with Gasteiger partial charge in [0, 0.05) is 0 Å². The Hall–Kier alpha value is -1.16. The zero-order chi connectivity index (χ0) is 13.2. The van der Waals surface area contributed by atoms with E-state index in [9.17, 15) is 4.79 Å². The maximum Gasteiger partial charge on any atom is 0.338 e. The van der Waals surface area contributed by atoms with Gasteiger partial charge in [-0.1, -0.05) is 6.92 Å². The highest BCUT2D eigenvalue weighted by Gasteiger charge is 2.05. The van der Waals surface area contributed by atoms with Gasteiger partial charge in [0.1, 0.15) is 5.75 Å². The fourth-order valence-electron chi connectivity index (χ4n) is 1.40. The topological polar surface area (TPSA) is 35.5 Å². The molecule has 1 aromatic rings. The fraction of sp³-hybridized carbons (Fsp3) is 0.500. The van der Waals surface area contributed by atoms with Gasteiger partial charge in [-0.3, -0.25) is 0 Å². The second-order valence-electron chi connectivity index (χ2n) is 3.64. The lowest BCUT2D eigenvalue weighted by molar-refractivity contribution is 0.0526. The standard InChI is InChI=1S/C14H20O3S/c1-3-16-14(15)12-6-8-13(9-7-12)17-10-5-11-18-4-2/h6-9H,3-5,10-11H2,1-2H3. The Bertz CT molecular complexity index is 349. The lowest BCUT2D eigenvalue weighted by Crippen LogP contribution is -2.04. The number of thioether (sulfide) groups is 1. The van der Waals surface area contributed by atoms with Gasteiger partial charge in [0.25, 0.3) is 0 Å². The Balaban J connectivity index is 2.33. The molecular formula is C14H20O3S. The normalized spacial score (nSPS) is 10.1. The summed E-state index contributed by atoms with van der Waals surface area (Å²) in [5.74, 6) is 2.78. The fourth-order valence-corrected chi connectivity index (χ4v) is 2.01. The zero-order valence-electron chi connectivity index (χ0n) is 11.0. The molecule has 0 aliphatic carbocycles. The van der Waals surface area contributed by atoms with Crippen molar-refractivity contribution in [1.29, 1.82) is 0 Å². The highest BCUT2D eigenvalue weighted by atomic mass is 32.2. The average Bonchev–Trinajstić information content (AvgIpc) is 2.39. The molecule has 0 aliphatic rings. The van der Waals surface area contributed by atoms with Crippen molar-refractivity contribution < 1.29 is 14.3 Å². The number of benzene rings is 1. The van der Waals surface area contributed by atoms with E-state index in [-0.39, 0.29) is 5.97 Å². The number of carbonyl (C=O) groups is 1. The Kier molecular flexibility index (Phi) is 7.34. The first-order chi connectivity index (χ1) is 8.77. The molecule has 0 saturated heterocycles. The molecule has 0 saturated carbocycles. The van der Waals surface area contributed by atoms with Gasteiger partial charge in [-0.05, 0) is 49.1 Å². The van der Waals surface area contributed by atoms with Gasteiger partial charge in [0.2, 0.25) is 0 Å². The van der Waals surface area contributed by atoms with E-state index < -0.39 is 0 Å². The summed E-state index contributed by atoms with van der Waals surface area (Å²) in [5, 5.41) is 0. The Morgan fingerprint density at radius 2 is 1.94 bits per heavy atom. The summed E-state index contributed by atoms with van der Waals surface area (Å²) in [5.41, 5.74) is 0.561. The van der Waals surface area contributed by atoms with Gasteiger partial charge in [-0.15, -0.1) is 0 Å². The third-order valence-corrected chi connectivity index (χ3v) is 3.26. The minimum atomic E-state index is -0.289. The van der Waals surface area contributed by atoms with Crippen molar-refractivity contribution in [3.63, 3.8) is 0 Å². The van der Waals surface area contributed by atoms with Crippen molar-refractivity contribution in [2.45, 2.75) is 20.3 Å². The van der Waals surface area contributed by atoms with Gasteiger partial charge in [-0.25, -0.2) is 4.79 Å². The van der Waals surface area contributed by atoms with Crippen LogP contribution in [0, 0.1) is 0 Å². The second-order valence-corrected chi connectivity index (χ2v) is 5.04. The Morgan fingerprint density at radius 3 is 2.56 bits per heavy atom. The van der Waals surface area contributed by atoms with E-state index in [2.05, 4.69) is 6.92 Å². The summed E-state index contributed by atoms with van der Waals surface area (Å²) >= 11 is 1.91. The van der Waals surface area contributed by atoms with Crippen molar-refractivity contribution in [3.8, 4) is 5.75 Å². The molecule has 0 aliphatic heterocycles. The summed E-state index contributed by atoms with van der Waals surface area (Å²) in [6.07, 6.45) is 1.04. The Morgan fingerprint density at radius 1 is 1.22 bits per heavy atom. The summed E-state index contributed by atoms with van der Waals surface area (Å²) in [6.45, 7) is 5.06. The van der Waals surface area contributed by atoms with Crippen molar-refractivity contribution in [3.05, 3.63) is 29.8 Å². The molecular weight excluding hydrogens is 248 g/mol.